The van der Waals surface area contributed by atoms with Gasteiger partial charge in [0.05, 0.1) is 15.1 Å². The molecule has 0 aliphatic heterocycles. The van der Waals surface area contributed by atoms with Gasteiger partial charge in [0.1, 0.15) is 23.0 Å². The molecule has 0 saturated carbocycles. The first-order chi connectivity index (χ1) is 17.4. The van der Waals surface area contributed by atoms with Gasteiger partial charge in [-0.1, -0.05) is 79.0 Å². The first-order valence-corrected chi connectivity index (χ1v) is 12.8. The molecule has 4 rings (SSSR count). The predicted molar refractivity (Wildman–Crippen MR) is 150 cm³/mol. The van der Waals surface area contributed by atoms with Crippen LogP contribution in [0.25, 0.3) is 0 Å². The van der Waals surface area contributed by atoms with Crippen molar-refractivity contribution in [3.63, 3.8) is 0 Å². The molecule has 0 aliphatic carbocycles. The maximum Gasteiger partial charge on any atom is 0.134 e. The fourth-order valence-corrected chi connectivity index (χ4v) is 5.33. The number of aromatic hydroxyl groups is 4. The minimum Gasteiger partial charge on any atom is -0.508 e. The normalized spacial score (nSPS) is 13.3. The predicted octanol–water partition coefficient (Wildman–Crippen LogP) is 8.56. The van der Waals surface area contributed by atoms with Crippen molar-refractivity contribution < 1.29 is 20.4 Å². The first-order valence-electron chi connectivity index (χ1n) is 11.7. The zero-order valence-electron chi connectivity index (χ0n) is 20.3. The Hall–Kier alpha value is -3.05. The van der Waals surface area contributed by atoms with E-state index in [0.717, 1.165) is 22.3 Å². The van der Waals surface area contributed by atoms with Crippen LogP contribution in [0.4, 0.5) is 0 Å². The van der Waals surface area contributed by atoms with Crippen LogP contribution in [0.1, 0.15) is 48.9 Å². The minimum atomic E-state index is -0.617. The van der Waals surface area contributed by atoms with Crippen molar-refractivity contribution in [3.05, 3.63) is 116 Å². The third-order valence-electron chi connectivity index (χ3n) is 7.38. The lowest BCUT2D eigenvalue weighted by Crippen LogP contribution is -2.30. The third-order valence-corrected chi connectivity index (χ3v) is 8.29. The van der Waals surface area contributed by atoms with Crippen LogP contribution in [0.15, 0.2) is 78.9 Å². The summed E-state index contributed by atoms with van der Waals surface area (Å²) in [6, 6.07) is 22.5. The molecule has 0 aromatic heterocycles. The largest absolute Gasteiger partial charge is 0.508 e. The molecule has 1 atom stereocenters. The van der Waals surface area contributed by atoms with Crippen molar-refractivity contribution in [1.82, 2.24) is 0 Å². The monoisotopic (exact) mass is 556 g/mol. The molecular formula is C30H27Cl3O4. The van der Waals surface area contributed by atoms with Gasteiger partial charge < -0.3 is 20.4 Å². The van der Waals surface area contributed by atoms with Crippen LogP contribution in [-0.4, -0.2) is 20.4 Å². The lowest BCUT2D eigenvalue weighted by Gasteiger charge is -2.38. The van der Waals surface area contributed by atoms with Gasteiger partial charge in [0.25, 0.3) is 0 Å². The molecule has 4 aromatic carbocycles. The van der Waals surface area contributed by atoms with E-state index in [1.54, 1.807) is 48.5 Å². The van der Waals surface area contributed by atoms with E-state index < -0.39 is 10.8 Å². The highest BCUT2D eigenvalue weighted by Crippen LogP contribution is 2.46. The number of rotatable bonds is 7. The lowest BCUT2D eigenvalue weighted by atomic mass is 9.66. The maximum absolute atomic E-state index is 10.0. The summed E-state index contributed by atoms with van der Waals surface area (Å²) in [5.74, 6) is 0.145. The molecule has 192 valence electrons. The number of halogens is 3. The van der Waals surface area contributed by atoms with Crippen molar-refractivity contribution in [2.75, 3.05) is 0 Å². The summed E-state index contributed by atoms with van der Waals surface area (Å²) in [6.07, 6.45) is 1.22. The highest BCUT2D eigenvalue weighted by Gasteiger charge is 2.36. The van der Waals surface area contributed by atoms with E-state index >= 15 is 0 Å². The van der Waals surface area contributed by atoms with Crippen LogP contribution < -0.4 is 0 Å². The second kappa shape index (κ2) is 10.4. The molecule has 4 aromatic rings. The van der Waals surface area contributed by atoms with E-state index in [4.69, 9.17) is 34.8 Å². The Morgan fingerprint density at radius 1 is 0.486 bits per heavy atom. The number of benzene rings is 4. The number of hydrogen-bond acceptors (Lipinski definition) is 4. The molecule has 0 aliphatic rings. The maximum atomic E-state index is 10.0. The molecular weight excluding hydrogens is 531 g/mol. The Morgan fingerprint density at radius 2 is 0.784 bits per heavy atom. The zero-order chi connectivity index (χ0) is 27.0. The molecule has 0 fully saturated rings. The van der Waals surface area contributed by atoms with Gasteiger partial charge in [-0.25, -0.2) is 0 Å². The summed E-state index contributed by atoms with van der Waals surface area (Å²) in [5.41, 5.74) is 2.42. The SMILES string of the molecule is CC(CCC(C)(c1ccc(O)c(Cl)c1)c1ccc(O)c(Cl)c1)(c1ccc(O)cc1)c1ccc(O)c(Cl)c1. The Bertz CT molecular complexity index is 1380. The van der Waals surface area contributed by atoms with Gasteiger partial charge in [0, 0.05) is 10.8 Å². The third kappa shape index (κ3) is 5.33. The summed E-state index contributed by atoms with van der Waals surface area (Å²) in [5, 5.41) is 40.8. The van der Waals surface area contributed by atoms with Gasteiger partial charge in [0.2, 0.25) is 0 Å². The molecule has 0 heterocycles. The molecule has 4 nitrogen and oxygen atoms in total. The summed E-state index contributed by atoms with van der Waals surface area (Å²) in [6.45, 7) is 4.16. The number of hydrogen-bond donors (Lipinski definition) is 4. The van der Waals surface area contributed by atoms with E-state index in [0.29, 0.717) is 12.8 Å². The molecule has 0 radical (unpaired) electrons. The van der Waals surface area contributed by atoms with E-state index in [9.17, 15) is 20.4 Å². The zero-order valence-corrected chi connectivity index (χ0v) is 22.6. The van der Waals surface area contributed by atoms with E-state index in [2.05, 4.69) is 13.8 Å². The van der Waals surface area contributed by atoms with Gasteiger partial charge in [-0.15, -0.1) is 0 Å². The summed E-state index contributed by atoms with van der Waals surface area (Å²) in [7, 11) is 0. The Labute approximate surface area is 231 Å². The molecule has 0 spiro atoms. The lowest BCUT2D eigenvalue weighted by molar-refractivity contribution is 0.410. The van der Waals surface area contributed by atoms with Gasteiger partial charge in [-0.05, 0) is 83.6 Å². The first kappa shape index (κ1) is 27.0. The minimum absolute atomic E-state index is 0.000723. The van der Waals surface area contributed by atoms with Crippen molar-refractivity contribution in [3.8, 4) is 23.0 Å². The Morgan fingerprint density at radius 3 is 1.11 bits per heavy atom. The Balaban J connectivity index is 1.85. The fourth-order valence-electron chi connectivity index (χ4n) is 4.79. The standard InChI is InChI=1S/C30H27Cl3O4/c1-29(18-3-8-22(34)9-4-18,19-5-10-26(35)23(31)15-19)13-14-30(2,20-6-11-27(36)24(32)16-20)21-7-12-28(37)25(33)17-21/h3-12,15-17,34-37H,13-14H2,1-2H3. The molecule has 1 unspecified atom stereocenters. The average molecular weight is 558 g/mol. The van der Waals surface area contributed by atoms with E-state index in [1.165, 1.54) is 0 Å². The van der Waals surface area contributed by atoms with Crippen LogP contribution in [0.5, 0.6) is 23.0 Å². The van der Waals surface area contributed by atoms with Crippen molar-refractivity contribution in [2.24, 2.45) is 0 Å². The summed E-state index contributed by atoms with van der Waals surface area (Å²) in [4.78, 5) is 0. The number of phenols is 4. The Kier molecular flexibility index (Phi) is 7.57. The average Bonchev–Trinajstić information content (AvgIpc) is 2.87. The van der Waals surface area contributed by atoms with Crippen LogP contribution in [-0.2, 0) is 10.8 Å². The second-order valence-electron chi connectivity index (χ2n) is 9.71. The van der Waals surface area contributed by atoms with E-state index in [1.807, 2.05) is 30.3 Å². The number of phenolic OH excluding ortho intramolecular Hbond substituents is 4. The van der Waals surface area contributed by atoms with E-state index in [-0.39, 0.29) is 38.1 Å². The molecule has 37 heavy (non-hydrogen) atoms. The van der Waals surface area contributed by atoms with Crippen LogP contribution >= 0.6 is 34.8 Å². The van der Waals surface area contributed by atoms with Crippen molar-refractivity contribution >= 4 is 34.8 Å². The van der Waals surface area contributed by atoms with Gasteiger partial charge in [-0.3, -0.25) is 0 Å². The van der Waals surface area contributed by atoms with Crippen molar-refractivity contribution in [1.29, 1.82) is 0 Å². The highest BCUT2D eigenvalue weighted by atomic mass is 35.5. The summed E-state index contributed by atoms with van der Waals surface area (Å²) >= 11 is 18.9. The highest BCUT2D eigenvalue weighted by molar-refractivity contribution is 6.32. The molecule has 4 N–H and O–H groups in total. The van der Waals surface area contributed by atoms with Crippen LogP contribution in [0, 0.1) is 0 Å². The summed E-state index contributed by atoms with van der Waals surface area (Å²) < 4.78 is 0. The second-order valence-corrected chi connectivity index (χ2v) is 10.9. The molecule has 7 heteroatoms. The quantitative estimate of drug-likeness (QED) is 0.183. The van der Waals surface area contributed by atoms with Gasteiger partial charge in [0.15, 0.2) is 0 Å². The van der Waals surface area contributed by atoms with Crippen LogP contribution in [0.3, 0.4) is 0 Å². The smallest absolute Gasteiger partial charge is 0.134 e. The molecule has 0 amide bonds. The fraction of sp³-hybridized carbons (Fsp3) is 0.200. The molecule has 0 saturated heterocycles. The van der Waals surface area contributed by atoms with Gasteiger partial charge in [-0.2, -0.15) is 0 Å². The topological polar surface area (TPSA) is 80.9 Å². The van der Waals surface area contributed by atoms with Crippen LogP contribution in [0.2, 0.25) is 15.1 Å². The van der Waals surface area contributed by atoms with Gasteiger partial charge >= 0.3 is 0 Å². The molecule has 0 bridgehead atoms. The van der Waals surface area contributed by atoms with Crippen molar-refractivity contribution in [2.45, 2.75) is 37.5 Å².